The fraction of sp³-hybridized carbons (Fsp3) is 0.158. The molecule has 0 radical (unpaired) electrons. The molecular formula is C19H15Cl2N5OS2. The summed E-state index contributed by atoms with van der Waals surface area (Å²) in [5, 5.41) is 13.5. The van der Waals surface area contributed by atoms with Crippen molar-refractivity contribution in [3.8, 4) is 10.6 Å². The fourth-order valence-electron chi connectivity index (χ4n) is 2.67. The zero-order valence-electron chi connectivity index (χ0n) is 15.1. The number of carbonyl (C=O) groups excluding carboxylic acids is 1. The first-order chi connectivity index (χ1) is 14.0. The Balaban J connectivity index is 1.47. The van der Waals surface area contributed by atoms with E-state index in [0.29, 0.717) is 31.8 Å². The van der Waals surface area contributed by atoms with Crippen LogP contribution in [0.4, 0.5) is 5.13 Å². The Labute approximate surface area is 185 Å². The van der Waals surface area contributed by atoms with Gasteiger partial charge in [0.1, 0.15) is 0 Å². The lowest BCUT2D eigenvalue weighted by molar-refractivity contribution is -0.115. The SMILES string of the molecule is CCC(Sc1nc2ccccc2[nH]1)C(=O)Nc1nnc(-c2ccc(Cl)cc2Cl)s1. The van der Waals surface area contributed by atoms with Gasteiger partial charge in [-0.15, -0.1) is 10.2 Å². The van der Waals surface area contributed by atoms with Crippen molar-refractivity contribution in [1.29, 1.82) is 0 Å². The number of amides is 1. The Bertz CT molecular complexity index is 1140. The summed E-state index contributed by atoms with van der Waals surface area (Å²) in [4.78, 5) is 20.5. The molecule has 0 spiro atoms. The molecule has 0 aliphatic carbocycles. The summed E-state index contributed by atoms with van der Waals surface area (Å²) in [5.41, 5.74) is 2.54. The first-order valence-corrected chi connectivity index (χ1v) is 11.2. The van der Waals surface area contributed by atoms with Gasteiger partial charge in [-0.1, -0.05) is 65.4 Å². The van der Waals surface area contributed by atoms with Crippen LogP contribution in [0.3, 0.4) is 0 Å². The van der Waals surface area contributed by atoms with Gasteiger partial charge >= 0.3 is 0 Å². The predicted molar refractivity (Wildman–Crippen MR) is 120 cm³/mol. The average Bonchev–Trinajstić information content (AvgIpc) is 3.32. The highest BCUT2D eigenvalue weighted by molar-refractivity contribution is 8.00. The number of hydrogen-bond acceptors (Lipinski definition) is 6. The number of thioether (sulfide) groups is 1. The topological polar surface area (TPSA) is 83.6 Å². The van der Waals surface area contributed by atoms with E-state index in [1.54, 1.807) is 18.2 Å². The van der Waals surface area contributed by atoms with E-state index in [2.05, 4.69) is 25.5 Å². The summed E-state index contributed by atoms with van der Waals surface area (Å²) >= 11 is 14.8. The molecule has 0 saturated carbocycles. The second-order valence-corrected chi connectivity index (χ2v) is 9.11. The number of H-pyrrole nitrogens is 1. The molecule has 1 unspecified atom stereocenters. The van der Waals surface area contributed by atoms with Gasteiger partial charge < -0.3 is 4.98 Å². The Morgan fingerprint density at radius 2 is 2.07 bits per heavy atom. The molecule has 2 aromatic heterocycles. The number of aromatic nitrogens is 4. The molecule has 0 bridgehead atoms. The van der Waals surface area contributed by atoms with Crippen molar-refractivity contribution in [2.24, 2.45) is 0 Å². The number of benzene rings is 2. The smallest absolute Gasteiger partial charge is 0.239 e. The van der Waals surface area contributed by atoms with E-state index in [1.807, 2.05) is 31.2 Å². The number of halogens is 2. The average molecular weight is 464 g/mol. The molecule has 2 heterocycles. The van der Waals surface area contributed by atoms with Crippen molar-refractivity contribution in [1.82, 2.24) is 20.2 Å². The van der Waals surface area contributed by atoms with Crippen LogP contribution >= 0.6 is 46.3 Å². The highest BCUT2D eigenvalue weighted by Gasteiger charge is 2.21. The van der Waals surface area contributed by atoms with E-state index in [-0.39, 0.29) is 11.2 Å². The van der Waals surface area contributed by atoms with Gasteiger partial charge in [-0.05, 0) is 36.8 Å². The summed E-state index contributed by atoms with van der Waals surface area (Å²) in [6.07, 6.45) is 0.641. The van der Waals surface area contributed by atoms with E-state index in [9.17, 15) is 4.79 Å². The number of anilines is 1. The number of imidazole rings is 1. The van der Waals surface area contributed by atoms with Gasteiger partial charge in [0, 0.05) is 10.6 Å². The molecule has 2 aromatic carbocycles. The van der Waals surface area contributed by atoms with Gasteiger partial charge in [-0.25, -0.2) is 4.98 Å². The molecule has 1 atom stereocenters. The molecule has 0 aliphatic heterocycles. The number of rotatable bonds is 6. The summed E-state index contributed by atoms with van der Waals surface area (Å²) in [6, 6.07) is 12.9. The molecule has 29 heavy (non-hydrogen) atoms. The zero-order chi connectivity index (χ0) is 20.4. The van der Waals surface area contributed by atoms with E-state index in [4.69, 9.17) is 23.2 Å². The van der Waals surface area contributed by atoms with Crippen molar-refractivity contribution < 1.29 is 4.79 Å². The van der Waals surface area contributed by atoms with Crippen LogP contribution in [0, 0.1) is 0 Å². The molecular weight excluding hydrogens is 449 g/mol. The maximum Gasteiger partial charge on any atom is 0.239 e. The molecule has 0 fully saturated rings. The van der Waals surface area contributed by atoms with Crippen LogP contribution in [-0.4, -0.2) is 31.3 Å². The van der Waals surface area contributed by atoms with Crippen LogP contribution in [0.2, 0.25) is 10.0 Å². The van der Waals surface area contributed by atoms with E-state index in [1.165, 1.54) is 23.1 Å². The Morgan fingerprint density at radius 1 is 1.24 bits per heavy atom. The first kappa shape index (κ1) is 20.2. The van der Waals surface area contributed by atoms with Crippen LogP contribution in [0.15, 0.2) is 47.6 Å². The molecule has 4 aromatic rings. The normalized spacial score (nSPS) is 12.2. The highest BCUT2D eigenvalue weighted by Crippen LogP contribution is 2.34. The van der Waals surface area contributed by atoms with Gasteiger partial charge in [0.15, 0.2) is 10.2 Å². The summed E-state index contributed by atoms with van der Waals surface area (Å²) < 4.78 is 0. The molecule has 2 N–H and O–H groups in total. The van der Waals surface area contributed by atoms with Crippen LogP contribution in [-0.2, 0) is 4.79 Å². The van der Waals surface area contributed by atoms with Gasteiger partial charge in [-0.2, -0.15) is 0 Å². The largest absolute Gasteiger partial charge is 0.333 e. The van der Waals surface area contributed by atoms with E-state index < -0.39 is 0 Å². The molecule has 1 amide bonds. The van der Waals surface area contributed by atoms with Crippen LogP contribution in [0.5, 0.6) is 0 Å². The standard InChI is InChI=1S/C19H15Cl2N5OS2/c1-2-15(28-18-22-13-5-3-4-6-14(13)23-18)16(27)24-19-26-25-17(29-19)11-8-7-10(20)9-12(11)21/h3-9,15H,2H2,1H3,(H,22,23)(H,24,26,27). The third-order valence-corrected chi connectivity index (χ3v) is 6.77. The minimum atomic E-state index is -0.318. The lowest BCUT2D eigenvalue weighted by atomic mass is 10.2. The number of hydrogen-bond donors (Lipinski definition) is 2. The number of para-hydroxylation sites is 2. The minimum Gasteiger partial charge on any atom is -0.333 e. The lowest BCUT2D eigenvalue weighted by Gasteiger charge is -2.11. The van der Waals surface area contributed by atoms with Crippen molar-refractivity contribution in [3.05, 3.63) is 52.5 Å². The molecule has 0 aliphatic rings. The van der Waals surface area contributed by atoms with Crippen molar-refractivity contribution in [2.45, 2.75) is 23.8 Å². The molecule has 0 saturated heterocycles. The summed E-state index contributed by atoms with van der Waals surface area (Å²) in [6.45, 7) is 1.96. The van der Waals surface area contributed by atoms with Crippen molar-refractivity contribution in [3.63, 3.8) is 0 Å². The van der Waals surface area contributed by atoms with E-state index >= 15 is 0 Å². The van der Waals surface area contributed by atoms with E-state index in [0.717, 1.165) is 16.6 Å². The third-order valence-electron chi connectivity index (χ3n) is 4.10. The van der Waals surface area contributed by atoms with Crippen molar-refractivity contribution >= 4 is 68.4 Å². The number of nitrogens with zero attached hydrogens (tertiary/aromatic N) is 3. The van der Waals surface area contributed by atoms with Crippen LogP contribution in [0.25, 0.3) is 21.6 Å². The zero-order valence-corrected chi connectivity index (χ0v) is 18.3. The molecule has 10 heteroatoms. The lowest BCUT2D eigenvalue weighted by Crippen LogP contribution is -2.24. The van der Waals surface area contributed by atoms with Gasteiger partial charge in [0.25, 0.3) is 0 Å². The second-order valence-electron chi connectivity index (χ2n) is 6.10. The Kier molecular flexibility index (Phi) is 6.05. The Hall–Kier alpha value is -2.13. The maximum atomic E-state index is 12.7. The van der Waals surface area contributed by atoms with Crippen LogP contribution < -0.4 is 5.32 Å². The first-order valence-electron chi connectivity index (χ1n) is 8.74. The number of nitrogens with one attached hydrogen (secondary N) is 2. The van der Waals surface area contributed by atoms with Gasteiger partial charge in [-0.3, -0.25) is 10.1 Å². The second kappa shape index (κ2) is 8.71. The number of aromatic amines is 1. The van der Waals surface area contributed by atoms with Gasteiger partial charge in [0.05, 0.1) is 21.3 Å². The molecule has 4 rings (SSSR count). The maximum absolute atomic E-state index is 12.7. The highest BCUT2D eigenvalue weighted by atomic mass is 35.5. The third kappa shape index (κ3) is 4.56. The van der Waals surface area contributed by atoms with Crippen LogP contribution in [0.1, 0.15) is 13.3 Å². The molecule has 6 nitrogen and oxygen atoms in total. The summed E-state index contributed by atoms with van der Waals surface area (Å²) in [5.74, 6) is -0.150. The quantitative estimate of drug-likeness (QED) is 0.347. The molecule has 148 valence electrons. The number of carbonyl (C=O) groups is 1. The Morgan fingerprint density at radius 3 is 2.83 bits per heavy atom. The summed E-state index contributed by atoms with van der Waals surface area (Å²) in [7, 11) is 0. The number of fused-ring (bicyclic) bond motifs is 1. The predicted octanol–water partition coefficient (Wildman–Crippen LogP) is 5.90. The fourth-order valence-corrected chi connectivity index (χ4v) is 4.94. The monoisotopic (exact) mass is 463 g/mol. The minimum absolute atomic E-state index is 0.150. The van der Waals surface area contributed by atoms with Gasteiger partial charge in [0.2, 0.25) is 11.0 Å². The van der Waals surface area contributed by atoms with Crippen molar-refractivity contribution in [2.75, 3.05) is 5.32 Å².